The Morgan fingerprint density at radius 3 is 2.83 bits per heavy atom. The average molecular weight is 258 g/mol. The van der Waals surface area contributed by atoms with Crippen LogP contribution < -0.4 is 5.32 Å². The molecule has 0 fully saturated rings. The average Bonchev–Trinajstić information content (AvgIpc) is 2.78. The first-order valence-electron chi connectivity index (χ1n) is 6.34. The van der Waals surface area contributed by atoms with E-state index in [1.807, 2.05) is 13.0 Å². The van der Waals surface area contributed by atoms with Gasteiger partial charge in [0.1, 0.15) is 0 Å². The number of hydrogen-bond acceptors (Lipinski definition) is 1. The van der Waals surface area contributed by atoms with Crippen molar-refractivity contribution in [2.75, 3.05) is 5.32 Å². The normalized spacial score (nSPS) is 17.6. The second-order valence-corrected chi connectivity index (χ2v) is 5.31. The van der Waals surface area contributed by atoms with Crippen LogP contribution in [0.1, 0.15) is 29.2 Å². The molecule has 2 heteroatoms. The second-order valence-electron chi connectivity index (χ2n) is 4.90. The highest BCUT2D eigenvalue weighted by molar-refractivity contribution is 6.31. The highest BCUT2D eigenvalue weighted by atomic mass is 35.5. The monoisotopic (exact) mass is 257 g/mol. The van der Waals surface area contributed by atoms with Gasteiger partial charge in [0.2, 0.25) is 0 Å². The van der Waals surface area contributed by atoms with E-state index < -0.39 is 0 Å². The lowest BCUT2D eigenvalue weighted by Crippen LogP contribution is -2.06. The van der Waals surface area contributed by atoms with Crippen molar-refractivity contribution >= 4 is 17.3 Å². The SMILES string of the molecule is Cc1ccc(NC2CCc3ccccc32)cc1Cl. The van der Waals surface area contributed by atoms with Gasteiger partial charge in [-0.2, -0.15) is 0 Å². The van der Waals surface area contributed by atoms with Gasteiger partial charge in [-0.05, 0) is 48.6 Å². The predicted molar refractivity (Wildman–Crippen MR) is 77.3 cm³/mol. The molecule has 0 radical (unpaired) electrons. The van der Waals surface area contributed by atoms with Gasteiger partial charge < -0.3 is 5.32 Å². The van der Waals surface area contributed by atoms with Gasteiger partial charge in [0, 0.05) is 10.7 Å². The first kappa shape index (κ1) is 11.6. The zero-order valence-corrected chi connectivity index (χ0v) is 11.2. The lowest BCUT2D eigenvalue weighted by molar-refractivity contribution is 0.762. The largest absolute Gasteiger partial charge is 0.378 e. The van der Waals surface area contributed by atoms with Crippen molar-refractivity contribution in [2.24, 2.45) is 0 Å². The molecule has 1 unspecified atom stereocenters. The molecule has 0 bridgehead atoms. The second kappa shape index (κ2) is 4.66. The number of halogens is 1. The van der Waals surface area contributed by atoms with Crippen molar-refractivity contribution in [3.63, 3.8) is 0 Å². The Morgan fingerprint density at radius 2 is 2.00 bits per heavy atom. The quantitative estimate of drug-likeness (QED) is 0.819. The fourth-order valence-corrected chi connectivity index (χ4v) is 2.77. The molecule has 0 aromatic heterocycles. The van der Waals surface area contributed by atoms with Crippen LogP contribution in [-0.4, -0.2) is 0 Å². The summed E-state index contributed by atoms with van der Waals surface area (Å²) in [6.07, 6.45) is 2.32. The maximum atomic E-state index is 6.16. The fraction of sp³-hybridized carbons (Fsp3) is 0.250. The molecule has 1 aliphatic rings. The number of benzene rings is 2. The van der Waals surface area contributed by atoms with Crippen LogP contribution in [0.5, 0.6) is 0 Å². The van der Waals surface area contributed by atoms with Crippen molar-refractivity contribution in [2.45, 2.75) is 25.8 Å². The Labute approximate surface area is 113 Å². The Morgan fingerprint density at radius 1 is 1.17 bits per heavy atom. The van der Waals surface area contributed by atoms with Gasteiger partial charge in [0.05, 0.1) is 6.04 Å². The van der Waals surface area contributed by atoms with Crippen LogP contribution >= 0.6 is 11.6 Å². The number of fused-ring (bicyclic) bond motifs is 1. The molecule has 0 amide bonds. The number of rotatable bonds is 2. The van der Waals surface area contributed by atoms with Crippen molar-refractivity contribution < 1.29 is 0 Å². The van der Waals surface area contributed by atoms with E-state index in [-0.39, 0.29) is 0 Å². The molecule has 0 heterocycles. The van der Waals surface area contributed by atoms with Crippen molar-refractivity contribution in [1.29, 1.82) is 0 Å². The summed E-state index contributed by atoms with van der Waals surface area (Å²) in [5.41, 5.74) is 5.11. The molecule has 0 spiro atoms. The summed E-state index contributed by atoms with van der Waals surface area (Å²) in [5, 5.41) is 4.41. The fourth-order valence-electron chi connectivity index (χ4n) is 2.59. The van der Waals surface area contributed by atoms with E-state index in [1.54, 1.807) is 0 Å². The third-order valence-electron chi connectivity index (χ3n) is 3.65. The lowest BCUT2D eigenvalue weighted by atomic mass is 10.1. The third-order valence-corrected chi connectivity index (χ3v) is 4.05. The molecule has 1 nitrogen and oxygen atoms in total. The summed E-state index contributed by atoms with van der Waals surface area (Å²) >= 11 is 6.16. The molecular formula is C16H16ClN. The highest BCUT2D eigenvalue weighted by Crippen LogP contribution is 2.34. The minimum absolute atomic E-state index is 0.417. The number of nitrogens with one attached hydrogen (secondary N) is 1. The molecule has 2 aromatic rings. The minimum Gasteiger partial charge on any atom is -0.378 e. The molecule has 18 heavy (non-hydrogen) atoms. The standard InChI is InChI=1S/C16H16ClN/c1-11-6-8-13(10-15(11)17)18-16-9-7-12-4-2-3-5-14(12)16/h2-6,8,10,16,18H,7,9H2,1H3. The minimum atomic E-state index is 0.417. The van der Waals surface area contributed by atoms with Gasteiger partial charge in [-0.1, -0.05) is 41.9 Å². The summed E-state index contributed by atoms with van der Waals surface area (Å²) in [7, 11) is 0. The molecule has 0 aliphatic heterocycles. The van der Waals surface area contributed by atoms with Crippen molar-refractivity contribution in [1.82, 2.24) is 0 Å². The van der Waals surface area contributed by atoms with E-state index >= 15 is 0 Å². The van der Waals surface area contributed by atoms with Gasteiger partial charge in [-0.25, -0.2) is 0 Å². The Bertz CT molecular complexity index is 577. The molecular weight excluding hydrogens is 242 g/mol. The van der Waals surface area contributed by atoms with Crippen LogP contribution in [0.4, 0.5) is 5.69 Å². The van der Waals surface area contributed by atoms with Gasteiger partial charge in [0.25, 0.3) is 0 Å². The third kappa shape index (κ3) is 2.11. The molecule has 1 N–H and O–H groups in total. The molecule has 2 aromatic carbocycles. The number of aryl methyl sites for hydroxylation is 2. The first-order valence-corrected chi connectivity index (χ1v) is 6.72. The summed E-state index contributed by atoms with van der Waals surface area (Å²) in [4.78, 5) is 0. The zero-order valence-electron chi connectivity index (χ0n) is 10.4. The van der Waals surface area contributed by atoms with Crippen LogP contribution in [0.2, 0.25) is 5.02 Å². The van der Waals surface area contributed by atoms with Crippen LogP contribution in [0, 0.1) is 6.92 Å². The van der Waals surface area contributed by atoms with E-state index in [9.17, 15) is 0 Å². The van der Waals surface area contributed by atoms with Crippen molar-refractivity contribution in [3.05, 3.63) is 64.2 Å². The molecule has 92 valence electrons. The summed E-state index contributed by atoms with van der Waals surface area (Å²) < 4.78 is 0. The van der Waals surface area contributed by atoms with Crippen LogP contribution in [-0.2, 0) is 6.42 Å². The topological polar surface area (TPSA) is 12.0 Å². The lowest BCUT2D eigenvalue weighted by Gasteiger charge is -2.16. The van der Waals surface area contributed by atoms with Crippen LogP contribution in [0.25, 0.3) is 0 Å². The van der Waals surface area contributed by atoms with Gasteiger partial charge in [0.15, 0.2) is 0 Å². The molecule has 3 rings (SSSR count). The predicted octanol–water partition coefficient (Wildman–Crippen LogP) is 4.75. The smallest absolute Gasteiger partial charge is 0.0519 e. The molecule has 0 saturated heterocycles. The van der Waals surface area contributed by atoms with E-state index in [1.165, 1.54) is 11.1 Å². The molecule has 1 atom stereocenters. The molecule has 0 saturated carbocycles. The van der Waals surface area contributed by atoms with Gasteiger partial charge in [-0.3, -0.25) is 0 Å². The number of hydrogen-bond donors (Lipinski definition) is 1. The Balaban J connectivity index is 1.84. The van der Waals surface area contributed by atoms with E-state index in [0.717, 1.165) is 29.1 Å². The summed E-state index contributed by atoms with van der Waals surface area (Å²) in [6.45, 7) is 2.02. The van der Waals surface area contributed by atoms with E-state index in [2.05, 4.69) is 41.7 Å². The zero-order chi connectivity index (χ0) is 12.5. The highest BCUT2D eigenvalue weighted by Gasteiger charge is 2.21. The molecule has 1 aliphatic carbocycles. The van der Waals surface area contributed by atoms with Crippen molar-refractivity contribution in [3.8, 4) is 0 Å². The first-order chi connectivity index (χ1) is 8.74. The summed E-state index contributed by atoms with van der Waals surface area (Å²) in [5.74, 6) is 0. The Kier molecular flexibility index (Phi) is 3.00. The maximum Gasteiger partial charge on any atom is 0.0519 e. The van der Waals surface area contributed by atoms with Gasteiger partial charge >= 0.3 is 0 Å². The summed E-state index contributed by atoms with van der Waals surface area (Å²) in [6, 6.07) is 15.3. The number of anilines is 1. The maximum absolute atomic E-state index is 6.16. The van der Waals surface area contributed by atoms with Crippen LogP contribution in [0.15, 0.2) is 42.5 Å². The van der Waals surface area contributed by atoms with Crippen LogP contribution in [0.3, 0.4) is 0 Å². The van der Waals surface area contributed by atoms with E-state index in [4.69, 9.17) is 11.6 Å². The van der Waals surface area contributed by atoms with E-state index in [0.29, 0.717) is 6.04 Å². The Hall–Kier alpha value is -1.47. The van der Waals surface area contributed by atoms with Gasteiger partial charge in [-0.15, -0.1) is 0 Å².